The van der Waals surface area contributed by atoms with E-state index in [2.05, 4.69) is 174 Å². The van der Waals surface area contributed by atoms with Crippen molar-refractivity contribution in [1.29, 1.82) is 0 Å². The lowest BCUT2D eigenvalue weighted by atomic mass is 9.95. The molecule has 0 saturated heterocycles. The molecule has 0 atom stereocenters. The number of rotatable bonds is 8. The molecule has 0 radical (unpaired) electrons. The number of hydrogen-bond acceptors (Lipinski definition) is 2. The molecule has 3 nitrogen and oxygen atoms in total. The van der Waals surface area contributed by atoms with Crippen LogP contribution in [-0.4, -0.2) is 4.57 Å². The van der Waals surface area contributed by atoms with Crippen molar-refractivity contribution in [3.05, 3.63) is 223 Å². The molecule has 2 heterocycles. The predicted octanol–water partition coefficient (Wildman–Crippen LogP) is 13.6. The van der Waals surface area contributed by atoms with E-state index in [1.807, 2.05) is 36.4 Å². The van der Waals surface area contributed by atoms with E-state index in [1.54, 1.807) is 0 Å². The molecule has 10 rings (SSSR count). The maximum Gasteiger partial charge on any atom is 0.143 e. The molecule has 0 spiro atoms. The average molecular weight is 719 g/mol. The Morgan fingerprint density at radius 2 is 1.16 bits per heavy atom. The average Bonchev–Trinajstić information content (AvgIpc) is 3.82. The minimum atomic E-state index is 0.740. The van der Waals surface area contributed by atoms with Crippen molar-refractivity contribution in [2.75, 3.05) is 0 Å². The summed E-state index contributed by atoms with van der Waals surface area (Å²) in [7, 11) is 0. The summed E-state index contributed by atoms with van der Waals surface area (Å²) in [6, 6.07) is 68.4. The molecule has 10 aromatic rings. The monoisotopic (exact) mass is 718 g/mol. The summed E-state index contributed by atoms with van der Waals surface area (Å²) in [5, 5.41) is 4.72. The number of nitrogens with two attached hydrogens (primary N) is 1. The first-order chi connectivity index (χ1) is 27.7. The maximum atomic E-state index is 6.77. The highest BCUT2D eigenvalue weighted by molar-refractivity contribution is 6.16. The third-order valence-electron chi connectivity index (χ3n) is 10.8. The molecule has 266 valence electrons. The number of nitrogens with zero attached hydrogens (tertiary/aromatic N) is 1. The van der Waals surface area contributed by atoms with Crippen LogP contribution in [0.5, 0.6) is 0 Å². The highest BCUT2D eigenvalue weighted by Crippen LogP contribution is 2.42. The van der Waals surface area contributed by atoms with Crippen LogP contribution in [0.25, 0.3) is 83.0 Å². The van der Waals surface area contributed by atoms with Gasteiger partial charge in [0.15, 0.2) is 0 Å². The lowest BCUT2D eigenvalue weighted by molar-refractivity contribution is 0.670. The van der Waals surface area contributed by atoms with Gasteiger partial charge in [-0.25, -0.2) is 0 Å². The lowest BCUT2D eigenvalue weighted by Gasteiger charge is -2.09. The van der Waals surface area contributed by atoms with Gasteiger partial charge in [0.05, 0.1) is 11.0 Å². The third kappa shape index (κ3) is 5.96. The van der Waals surface area contributed by atoms with Crippen LogP contribution in [0, 0.1) is 0 Å². The van der Waals surface area contributed by atoms with E-state index < -0.39 is 0 Å². The van der Waals surface area contributed by atoms with Gasteiger partial charge in [0.2, 0.25) is 0 Å². The Hall–Kier alpha value is -7.36. The van der Waals surface area contributed by atoms with Crippen LogP contribution in [0.15, 0.2) is 211 Å². The second-order valence-corrected chi connectivity index (χ2v) is 14.3. The number of para-hydroxylation sites is 3. The van der Waals surface area contributed by atoms with Crippen LogP contribution in [0.4, 0.5) is 0 Å². The molecule has 0 fully saturated rings. The molecule has 0 saturated carbocycles. The molecular formula is C53H38N2O. The fourth-order valence-electron chi connectivity index (χ4n) is 8.17. The predicted molar refractivity (Wildman–Crippen MR) is 236 cm³/mol. The summed E-state index contributed by atoms with van der Waals surface area (Å²) >= 11 is 0. The Labute approximate surface area is 325 Å². The number of aromatic nitrogens is 1. The van der Waals surface area contributed by atoms with E-state index in [9.17, 15) is 0 Å². The maximum absolute atomic E-state index is 6.77. The summed E-state index contributed by atoms with van der Waals surface area (Å²) in [5.74, 6) is 0. The highest BCUT2D eigenvalue weighted by atomic mass is 16.3. The normalized spacial score (nSPS) is 12.3. The van der Waals surface area contributed by atoms with Crippen molar-refractivity contribution in [3.63, 3.8) is 0 Å². The first-order valence-electron chi connectivity index (χ1n) is 19.1. The van der Waals surface area contributed by atoms with Crippen LogP contribution in [0.1, 0.15) is 16.7 Å². The van der Waals surface area contributed by atoms with Crippen molar-refractivity contribution >= 4 is 55.0 Å². The molecule has 2 N–H and O–H groups in total. The van der Waals surface area contributed by atoms with E-state index in [0.717, 1.165) is 78.7 Å². The molecule has 2 aromatic heterocycles. The lowest BCUT2D eigenvalue weighted by Crippen LogP contribution is -1.97. The fraction of sp³-hybridized carbons (Fsp3) is 0.0189. The van der Waals surface area contributed by atoms with Gasteiger partial charge in [0.1, 0.15) is 11.2 Å². The second-order valence-electron chi connectivity index (χ2n) is 14.3. The Bertz CT molecular complexity index is 3090. The number of furan rings is 1. The molecule has 0 amide bonds. The molecule has 56 heavy (non-hydrogen) atoms. The van der Waals surface area contributed by atoms with Crippen molar-refractivity contribution in [2.24, 2.45) is 5.73 Å². The molecule has 0 unspecified atom stereocenters. The van der Waals surface area contributed by atoms with Gasteiger partial charge < -0.3 is 14.7 Å². The number of hydrogen-bond donors (Lipinski definition) is 1. The minimum absolute atomic E-state index is 0.740. The Balaban J connectivity index is 1.05. The van der Waals surface area contributed by atoms with E-state index >= 15 is 0 Å². The Morgan fingerprint density at radius 1 is 0.518 bits per heavy atom. The van der Waals surface area contributed by atoms with Gasteiger partial charge in [-0.2, -0.15) is 0 Å². The zero-order valence-electron chi connectivity index (χ0n) is 30.8. The largest absolute Gasteiger partial charge is 0.455 e. The van der Waals surface area contributed by atoms with Crippen LogP contribution >= 0.6 is 0 Å². The van der Waals surface area contributed by atoms with Gasteiger partial charge in [0, 0.05) is 38.5 Å². The van der Waals surface area contributed by atoms with Crippen molar-refractivity contribution in [2.45, 2.75) is 6.42 Å². The van der Waals surface area contributed by atoms with Gasteiger partial charge >= 0.3 is 0 Å². The van der Waals surface area contributed by atoms with Crippen molar-refractivity contribution in [3.8, 4) is 27.9 Å². The smallest absolute Gasteiger partial charge is 0.143 e. The summed E-state index contributed by atoms with van der Waals surface area (Å²) in [4.78, 5) is 0. The van der Waals surface area contributed by atoms with Crippen molar-refractivity contribution in [1.82, 2.24) is 4.57 Å². The quantitative estimate of drug-likeness (QED) is 0.159. The van der Waals surface area contributed by atoms with E-state index in [-0.39, 0.29) is 0 Å². The third-order valence-corrected chi connectivity index (χ3v) is 10.8. The number of benzene rings is 8. The summed E-state index contributed by atoms with van der Waals surface area (Å²) < 4.78 is 9.15. The SMILES string of the molecule is N/C(=C\C(=C/Cc1cccc(-c2cccc3c2oc2cccc(-c4ccc5c6ccccc6n(-c6ccccc6)c5c4)c23)c1)c1ccccc1)c1ccccc1. The van der Waals surface area contributed by atoms with Gasteiger partial charge in [-0.05, 0) is 81.8 Å². The van der Waals surface area contributed by atoms with E-state index in [0.29, 0.717) is 0 Å². The van der Waals surface area contributed by atoms with Gasteiger partial charge in [-0.1, -0.05) is 170 Å². The van der Waals surface area contributed by atoms with Crippen LogP contribution in [-0.2, 0) is 6.42 Å². The molecule has 3 heteroatoms. The summed E-state index contributed by atoms with van der Waals surface area (Å²) in [6.45, 7) is 0. The summed E-state index contributed by atoms with van der Waals surface area (Å²) in [5.41, 5.74) is 21.6. The molecular weight excluding hydrogens is 681 g/mol. The Morgan fingerprint density at radius 3 is 1.98 bits per heavy atom. The van der Waals surface area contributed by atoms with E-state index in [1.165, 1.54) is 27.4 Å². The van der Waals surface area contributed by atoms with Crippen LogP contribution in [0.3, 0.4) is 0 Å². The summed E-state index contributed by atoms with van der Waals surface area (Å²) in [6.07, 6.45) is 5.10. The van der Waals surface area contributed by atoms with Crippen molar-refractivity contribution < 1.29 is 4.42 Å². The molecule has 0 aliphatic rings. The minimum Gasteiger partial charge on any atom is -0.455 e. The van der Waals surface area contributed by atoms with Gasteiger partial charge in [0.25, 0.3) is 0 Å². The number of fused-ring (bicyclic) bond motifs is 6. The van der Waals surface area contributed by atoms with Crippen LogP contribution < -0.4 is 5.73 Å². The Kier molecular flexibility index (Phi) is 8.38. The van der Waals surface area contributed by atoms with Gasteiger partial charge in [-0.15, -0.1) is 0 Å². The zero-order valence-corrected chi connectivity index (χ0v) is 30.8. The first-order valence-corrected chi connectivity index (χ1v) is 19.1. The molecule has 0 aliphatic carbocycles. The molecule has 8 aromatic carbocycles. The highest BCUT2D eigenvalue weighted by Gasteiger charge is 2.18. The number of allylic oxidation sites excluding steroid dienone is 3. The van der Waals surface area contributed by atoms with Gasteiger partial charge in [-0.3, -0.25) is 0 Å². The fourth-order valence-corrected chi connectivity index (χ4v) is 8.17. The standard InChI is InChI=1S/C53H38N2O/c54-48(38-18-6-2-7-19-38)34-39(37-16-4-1-5-17-37)30-29-36-15-12-20-40(33-36)44-25-13-26-47-52-43(24-14-28-51(52)56-53(44)47)41-31-32-46-45-23-10-11-27-49(45)55(50(46)35-41)42-21-8-3-9-22-42/h1-28,30-35H,29,54H2/b39-30+,48-34-. The second kappa shape index (κ2) is 14.1. The molecule has 0 bridgehead atoms. The molecule has 0 aliphatic heterocycles. The van der Waals surface area contributed by atoms with Crippen LogP contribution in [0.2, 0.25) is 0 Å². The van der Waals surface area contributed by atoms with E-state index in [4.69, 9.17) is 10.2 Å². The zero-order chi connectivity index (χ0) is 37.4. The first kappa shape index (κ1) is 33.2. The topological polar surface area (TPSA) is 44.1 Å².